The summed E-state index contributed by atoms with van der Waals surface area (Å²) in [5.74, 6) is -0.365. The number of benzene rings is 2. The average molecular weight is 411 g/mol. The zero-order valence-electron chi connectivity index (χ0n) is 13.7. The Morgan fingerprint density at radius 3 is 2.58 bits per heavy atom. The molecule has 1 aliphatic heterocycles. The Morgan fingerprint density at radius 1 is 1.15 bits per heavy atom. The molecule has 0 saturated carbocycles. The van der Waals surface area contributed by atoms with Gasteiger partial charge in [-0.1, -0.05) is 23.7 Å². The fourth-order valence-corrected chi connectivity index (χ4v) is 6.07. The number of aromatic nitrogens is 1. The summed E-state index contributed by atoms with van der Waals surface area (Å²) in [5.41, 5.74) is 0.989. The lowest BCUT2D eigenvalue weighted by atomic mass is 9.99. The number of hydrogen-bond donors (Lipinski definition) is 0. The Bertz CT molecular complexity index is 1030. The molecule has 0 atom stereocenters. The summed E-state index contributed by atoms with van der Waals surface area (Å²) in [6.45, 7) is 0.829. The fraction of sp³-hybridized carbons (Fsp3) is 0.278. The number of hydrogen-bond acceptors (Lipinski definition) is 4. The van der Waals surface area contributed by atoms with E-state index >= 15 is 0 Å². The molecule has 0 N–H and O–H groups in total. The molecular weight excluding hydrogens is 395 g/mol. The van der Waals surface area contributed by atoms with Gasteiger partial charge in [0.2, 0.25) is 10.0 Å². The molecule has 0 aliphatic carbocycles. The molecule has 0 spiro atoms. The number of sulfonamides is 1. The van der Waals surface area contributed by atoms with Crippen LogP contribution in [0.25, 0.3) is 10.2 Å². The van der Waals surface area contributed by atoms with Crippen molar-refractivity contribution in [2.24, 2.45) is 0 Å². The van der Waals surface area contributed by atoms with E-state index < -0.39 is 15.8 Å². The van der Waals surface area contributed by atoms with E-state index in [0.717, 1.165) is 21.3 Å². The van der Waals surface area contributed by atoms with E-state index in [1.54, 1.807) is 11.3 Å². The minimum atomic E-state index is -3.67. The van der Waals surface area contributed by atoms with Gasteiger partial charge < -0.3 is 0 Å². The SMILES string of the molecule is O=S(=O)(c1ccc(F)c(Cl)c1)N1CCC(c2nc3ccccc3s2)CC1. The number of nitrogens with zero attached hydrogens (tertiary/aromatic N) is 2. The molecule has 1 aromatic heterocycles. The Hall–Kier alpha value is -1.54. The Balaban J connectivity index is 1.51. The van der Waals surface area contributed by atoms with Gasteiger partial charge in [-0.25, -0.2) is 17.8 Å². The largest absolute Gasteiger partial charge is 0.243 e. The molecule has 4 nitrogen and oxygen atoms in total. The third-order valence-corrected chi connectivity index (χ3v) is 8.03. The van der Waals surface area contributed by atoms with E-state index in [1.165, 1.54) is 16.4 Å². The number of thiazole rings is 1. The van der Waals surface area contributed by atoms with Crippen LogP contribution in [0.15, 0.2) is 47.4 Å². The average Bonchev–Trinajstić information content (AvgIpc) is 3.08. The van der Waals surface area contributed by atoms with Gasteiger partial charge in [0.05, 0.1) is 25.1 Å². The Labute approximate surface area is 160 Å². The van der Waals surface area contributed by atoms with Crippen LogP contribution in [0.5, 0.6) is 0 Å². The molecule has 1 aliphatic rings. The van der Waals surface area contributed by atoms with Crippen molar-refractivity contribution in [3.05, 3.63) is 58.3 Å². The number of rotatable bonds is 3. The first-order valence-corrected chi connectivity index (χ1v) is 10.9. The predicted octanol–water partition coefficient (Wildman–Crippen LogP) is 4.66. The summed E-state index contributed by atoms with van der Waals surface area (Å²) in [6.07, 6.45) is 1.43. The van der Waals surface area contributed by atoms with E-state index in [4.69, 9.17) is 16.6 Å². The first-order valence-electron chi connectivity index (χ1n) is 8.26. The van der Waals surface area contributed by atoms with Gasteiger partial charge >= 0.3 is 0 Å². The van der Waals surface area contributed by atoms with Gasteiger partial charge in [-0.2, -0.15) is 4.31 Å². The van der Waals surface area contributed by atoms with Gasteiger partial charge in [-0.15, -0.1) is 11.3 Å². The van der Waals surface area contributed by atoms with Gasteiger partial charge in [0.15, 0.2) is 0 Å². The lowest BCUT2D eigenvalue weighted by Gasteiger charge is -2.30. The molecule has 3 aromatic rings. The maximum absolute atomic E-state index is 13.3. The zero-order chi connectivity index (χ0) is 18.3. The number of fused-ring (bicyclic) bond motifs is 1. The van der Waals surface area contributed by atoms with Gasteiger partial charge in [0.25, 0.3) is 0 Å². The van der Waals surface area contributed by atoms with E-state index in [-0.39, 0.29) is 15.8 Å². The van der Waals surface area contributed by atoms with E-state index in [0.29, 0.717) is 25.9 Å². The standard InChI is InChI=1S/C18H16ClFN2O2S2/c19-14-11-13(5-6-15(14)20)26(23,24)22-9-7-12(8-10-22)18-21-16-3-1-2-4-17(16)25-18/h1-6,11-12H,7-10H2. The van der Waals surface area contributed by atoms with Crippen molar-refractivity contribution in [3.63, 3.8) is 0 Å². The molecule has 0 amide bonds. The molecule has 8 heteroatoms. The van der Waals surface area contributed by atoms with Crippen LogP contribution in [0.2, 0.25) is 5.02 Å². The monoisotopic (exact) mass is 410 g/mol. The van der Waals surface area contributed by atoms with Crippen LogP contribution in [0.4, 0.5) is 4.39 Å². The molecule has 136 valence electrons. The van der Waals surface area contributed by atoms with Gasteiger partial charge in [0, 0.05) is 19.0 Å². The van der Waals surface area contributed by atoms with Crippen LogP contribution in [0.1, 0.15) is 23.8 Å². The van der Waals surface area contributed by atoms with Crippen LogP contribution < -0.4 is 0 Å². The van der Waals surface area contributed by atoms with E-state index in [9.17, 15) is 12.8 Å². The van der Waals surface area contributed by atoms with Crippen molar-refractivity contribution < 1.29 is 12.8 Å². The van der Waals surface area contributed by atoms with Crippen molar-refractivity contribution in [1.29, 1.82) is 0 Å². The molecular formula is C18H16ClFN2O2S2. The van der Waals surface area contributed by atoms with Crippen molar-refractivity contribution in [3.8, 4) is 0 Å². The minimum Gasteiger partial charge on any atom is -0.241 e. The highest BCUT2D eigenvalue weighted by Gasteiger charge is 2.31. The maximum Gasteiger partial charge on any atom is 0.243 e. The Morgan fingerprint density at radius 2 is 1.88 bits per heavy atom. The fourth-order valence-electron chi connectivity index (χ4n) is 3.19. The highest BCUT2D eigenvalue weighted by atomic mass is 35.5. The molecule has 2 aromatic carbocycles. The number of piperidine rings is 1. The van der Waals surface area contributed by atoms with Crippen LogP contribution in [-0.2, 0) is 10.0 Å². The van der Waals surface area contributed by atoms with Gasteiger partial charge in [0.1, 0.15) is 5.82 Å². The summed E-state index contributed by atoms with van der Waals surface area (Å²) >= 11 is 7.41. The molecule has 0 unspecified atom stereocenters. The van der Waals surface area contributed by atoms with Crippen LogP contribution >= 0.6 is 22.9 Å². The normalized spacial score (nSPS) is 17.0. The van der Waals surface area contributed by atoms with Crippen molar-refractivity contribution in [1.82, 2.24) is 9.29 Å². The van der Waals surface area contributed by atoms with Crippen LogP contribution in [-0.4, -0.2) is 30.8 Å². The highest BCUT2D eigenvalue weighted by molar-refractivity contribution is 7.89. The zero-order valence-corrected chi connectivity index (χ0v) is 16.1. The smallest absolute Gasteiger partial charge is 0.241 e. The lowest BCUT2D eigenvalue weighted by Crippen LogP contribution is -2.37. The van der Waals surface area contributed by atoms with Crippen molar-refractivity contribution >= 4 is 43.2 Å². The van der Waals surface area contributed by atoms with Crippen molar-refractivity contribution in [2.45, 2.75) is 23.7 Å². The second-order valence-corrected chi connectivity index (χ2v) is 9.68. The summed E-state index contributed by atoms with van der Waals surface area (Å²) in [7, 11) is -3.67. The third-order valence-electron chi connectivity index (χ3n) is 4.64. The maximum atomic E-state index is 13.3. The van der Waals surface area contributed by atoms with Gasteiger partial charge in [-0.05, 0) is 43.2 Å². The topological polar surface area (TPSA) is 50.3 Å². The lowest BCUT2D eigenvalue weighted by molar-refractivity contribution is 0.319. The predicted molar refractivity (Wildman–Crippen MR) is 102 cm³/mol. The third kappa shape index (κ3) is 3.24. The number of para-hydroxylation sites is 1. The molecule has 1 fully saturated rings. The van der Waals surface area contributed by atoms with Crippen LogP contribution in [0.3, 0.4) is 0 Å². The highest BCUT2D eigenvalue weighted by Crippen LogP contribution is 2.35. The van der Waals surface area contributed by atoms with E-state index in [2.05, 4.69) is 0 Å². The summed E-state index contributed by atoms with van der Waals surface area (Å²) in [4.78, 5) is 4.72. The summed E-state index contributed by atoms with van der Waals surface area (Å²) < 4.78 is 41.4. The first kappa shape index (κ1) is 17.9. The second kappa shape index (κ2) is 6.88. The number of halogens is 2. The molecule has 26 heavy (non-hydrogen) atoms. The molecule has 0 bridgehead atoms. The minimum absolute atomic E-state index is 0.0299. The second-order valence-electron chi connectivity index (χ2n) is 6.27. The van der Waals surface area contributed by atoms with Crippen molar-refractivity contribution in [2.75, 3.05) is 13.1 Å². The van der Waals surface area contributed by atoms with E-state index in [1.807, 2.05) is 24.3 Å². The molecule has 0 radical (unpaired) electrons. The first-order chi connectivity index (χ1) is 12.4. The van der Waals surface area contributed by atoms with Crippen LogP contribution in [0, 0.1) is 5.82 Å². The summed E-state index contributed by atoms with van der Waals surface area (Å²) in [6, 6.07) is 11.5. The van der Waals surface area contributed by atoms with Gasteiger partial charge in [-0.3, -0.25) is 0 Å². The Kier molecular flexibility index (Phi) is 4.73. The molecule has 4 rings (SSSR count). The quantitative estimate of drug-likeness (QED) is 0.631. The molecule has 2 heterocycles. The summed E-state index contributed by atoms with van der Waals surface area (Å²) in [5, 5.41) is 0.878. The molecule has 1 saturated heterocycles.